The fraction of sp³-hybridized carbons (Fsp3) is 0.417. The molecule has 0 saturated heterocycles. The van der Waals surface area contributed by atoms with Crippen molar-refractivity contribution in [3.63, 3.8) is 0 Å². The highest BCUT2D eigenvalue weighted by molar-refractivity contribution is 7.99. The van der Waals surface area contributed by atoms with Crippen molar-refractivity contribution < 1.29 is 9.90 Å². The smallest absolute Gasteiger partial charge is 0.323 e. The van der Waals surface area contributed by atoms with E-state index in [-0.39, 0.29) is 6.54 Å². The molecule has 0 aromatic heterocycles. The van der Waals surface area contributed by atoms with Crippen LogP contribution >= 0.6 is 11.8 Å². The van der Waals surface area contributed by atoms with E-state index in [0.717, 1.165) is 24.4 Å². The molecule has 0 amide bonds. The van der Waals surface area contributed by atoms with E-state index >= 15 is 0 Å². The number of carboxylic acid groups (broad SMARTS) is 1. The van der Waals surface area contributed by atoms with Crippen LogP contribution in [-0.2, 0) is 11.2 Å². The number of carboxylic acids is 1. The van der Waals surface area contributed by atoms with Crippen LogP contribution in [0.1, 0.15) is 12.5 Å². The van der Waals surface area contributed by atoms with E-state index in [0.29, 0.717) is 0 Å². The van der Waals surface area contributed by atoms with E-state index in [9.17, 15) is 4.79 Å². The molecule has 0 radical (unpaired) electrons. The number of aryl methyl sites for hydroxylation is 1. The minimum Gasteiger partial charge on any atom is -0.480 e. The Bertz CT molecular complexity index is 406. The third kappa shape index (κ3) is 2.32. The summed E-state index contributed by atoms with van der Waals surface area (Å²) in [7, 11) is 0. The van der Waals surface area contributed by atoms with E-state index in [1.165, 1.54) is 10.5 Å². The summed E-state index contributed by atoms with van der Waals surface area (Å²) in [4.78, 5) is 13.9. The van der Waals surface area contributed by atoms with E-state index in [2.05, 4.69) is 19.1 Å². The SMILES string of the molecule is CCc1ccc2c(c1)SCCN2CC(=O)O. The largest absolute Gasteiger partial charge is 0.480 e. The Labute approximate surface area is 99.5 Å². The molecular formula is C12H15NO2S. The molecule has 1 aromatic rings. The van der Waals surface area contributed by atoms with Gasteiger partial charge in [0.05, 0.1) is 5.69 Å². The predicted octanol–water partition coefficient (Wildman–Crippen LogP) is 2.25. The van der Waals surface area contributed by atoms with Crippen molar-refractivity contribution in [2.45, 2.75) is 18.2 Å². The van der Waals surface area contributed by atoms with Crippen LogP contribution in [0.2, 0.25) is 0 Å². The number of fused-ring (bicyclic) bond motifs is 1. The molecule has 86 valence electrons. The van der Waals surface area contributed by atoms with Gasteiger partial charge in [0.15, 0.2) is 0 Å². The van der Waals surface area contributed by atoms with Crippen LogP contribution in [-0.4, -0.2) is 29.9 Å². The van der Waals surface area contributed by atoms with Gasteiger partial charge in [-0.25, -0.2) is 0 Å². The Balaban J connectivity index is 2.28. The molecule has 1 N–H and O–H groups in total. The second-order valence-corrected chi connectivity index (χ2v) is 4.96. The fourth-order valence-corrected chi connectivity index (χ4v) is 2.98. The maximum absolute atomic E-state index is 10.8. The van der Waals surface area contributed by atoms with Gasteiger partial charge in [0.1, 0.15) is 6.54 Å². The number of rotatable bonds is 3. The van der Waals surface area contributed by atoms with Gasteiger partial charge in [0.25, 0.3) is 0 Å². The molecule has 4 heteroatoms. The first-order valence-electron chi connectivity index (χ1n) is 5.43. The highest BCUT2D eigenvalue weighted by Gasteiger charge is 2.19. The van der Waals surface area contributed by atoms with E-state index < -0.39 is 5.97 Å². The molecule has 1 aliphatic rings. The standard InChI is InChI=1S/C12H15NO2S/c1-2-9-3-4-10-11(7-9)16-6-5-13(10)8-12(14)15/h3-4,7H,2,5-6,8H2,1H3,(H,14,15). The molecule has 0 saturated carbocycles. The normalized spacial score (nSPS) is 14.7. The van der Waals surface area contributed by atoms with Crippen LogP contribution in [0.3, 0.4) is 0 Å². The molecule has 1 aromatic carbocycles. The zero-order valence-corrected chi connectivity index (χ0v) is 10.1. The molecule has 0 unspecified atom stereocenters. The predicted molar refractivity (Wildman–Crippen MR) is 66.4 cm³/mol. The Kier molecular flexibility index (Phi) is 3.39. The summed E-state index contributed by atoms with van der Waals surface area (Å²) in [5, 5.41) is 8.84. The van der Waals surface area contributed by atoms with Crippen LogP contribution in [0.4, 0.5) is 5.69 Å². The number of thioether (sulfide) groups is 1. The minimum atomic E-state index is -0.766. The monoisotopic (exact) mass is 237 g/mol. The van der Waals surface area contributed by atoms with Gasteiger partial charge in [-0.05, 0) is 24.1 Å². The van der Waals surface area contributed by atoms with E-state index in [4.69, 9.17) is 5.11 Å². The first kappa shape index (κ1) is 11.3. The van der Waals surface area contributed by atoms with Gasteiger partial charge in [0, 0.05) is 17.2 Å². The van der Waals surface area contributed by atoms with Gasteiger partial charge < -0.3 is 10.0 Å². The Hall–Kier alpha value is -1.16. The van der Waals surface area contributed by atoms with Crippen molar-refractivity contribution in [3.8, 4) is 0 Å². The Morgan fingerprint density at radius 3 is 3.06 bits per heavy atom. The van der Waals surface area contributed by atoms with E-state index in [1.807, 2.05) is 22.7 Å². The second kappa shape index (κ2) is 4.78. The number of benzene rings is 1. The van der Waals surface area contributed by atoms with E-state index in [1.54, 1.807) is 0 Å². The highest BCUT2D eigenvalue weighted by atomic mass is 32.2. The molecular weight excluding hydrogens is 222 g/mol. The highest BCUT2D eigenvalue weighted by Crippen LogP contribution is 2.35. The summed E-state index contributed by atoms with van der Waals surface area (Å²) in [6, 6.07) is 6.30. The summed E-state index contributed by atoms with van der Waals surface area (Å²) in [5.41, 5.74) is 2.37. The zero-order chi connectivity index (χ0) is 11.5. The van der Waals surface area contributed by atoms with Crippen LogP contribution in [0.25, 0.3) is 0 Å². The maximum atomic E-state index is 10.8. The van der Waals surface area contributed by atoms with Gasteiger partial charge in [-0.3, -0.25) is 4.79 Å². The quantitative estimate of drug-likeness (QED) is 0.875. The zero-order valence-electron chi connectivity index (χ0n) is 9.27. The van der Waals surface area contributed by atoms with Gasteiger partial charge in [-0.1, -0.05) is 13.0 Å². The maximum Gasteiger partial charge on any atom is 0.323 e. The van der Waals surface area contributed by atoms with Crippen LogP contribution < -0.4 is 4.90 Å². The van der Waals surface area contributed by atoms with Crippen molar-refractivity contribution in [1.82, 2.24) is 0 Å². The lowest BCUT2D eigenvalue weighted by Crippen LogP contribution is -2.34. The van der Waals surface area contributed by atoms with Crippen molar-refractivity contribution >= 4 is 23.4 Å². The first-order chi connectivity index (χ1) is 7.70. The number of hydrogen-bond acceptors (Lipinski definition) is 3. The molecule has 0 aliphatic carbocycles. The number of hydrogen-bond donors (Lipinski definition) is 1. The lowest BCUT2D eigenvalue weighted by Gasteiger charge is -2.29. The van der Waals surface area contributed by atoms with Crippen molar-refractivity contribution in [2.24, 2.45) is 0 Å². The van der Waals surface area contributed by atoms with Crippen LogP contribution in [0, 0.1) is 0 Å². The van der Waals surface area contributed by atoms with Crippen LogP contribution in [0.5, 0.6) is 0 Å². The average molecular weight is 237 g/mol. The third-order valence-corrected chi connectivity index (χ3v) is 3.74. The molecule has 1 heterocycles. The van der Waals surface area contributed by atoms with Crippen molar-refractivity contribution in [3.05, 3.63) is 23.8 Å². The summed E-state index contributed by atoms with van der Waals surface area (Å²) < 4.78 is 0. The molecule has 2 rings (SSSR count). The average Bonchev–Trinajstić information content (AvgIpc) is 2.28. The summed E-state index contributed by atoms with van der Waals surface area (Å²) in [5.74, 6) is 0.199. The summed E-state index contributed by atoms with van der Waals surface area (Å²) in [6.45, 7) is 3.04. The second-order valence-electron chi connectivity index (χ2n) is 3.82. The Morgan fingerprint density at radius 1 is 1.56 bits per heavy atom. The summed E-state index contributed by atoms with van der Waals surface area (Å²) in [6.07, 6.45) is 1.02. The lowest BCUT2D eigenvalue weighted by molar-refractivity contribution is -0.135. The van der Waals surface area contributed by atoms with Crippen molar-refractivity contribution in [2.75, 3.05) is 23.7 Å². The summed E-state index contributed by atoms with van der Waals surface area (Å²) >= 11 is 1.81. The van der Waals surface area contributed by atoms with Gasteiger partial charge >= 0.3 is 5.97 Å². The van der Waals surface area contributed by atoms with Gasteiger partial charge in [-0.15, -0.1) is 11.8 Å². The topological polar surface area (TPSA) is 40.5 Å². The molecule has 16 heavy (non-hydrogen) atoms. The molecule has 0 spiro atoms. The minimum absolute atomic E-state index is 0.0963. The van der Waals surface area contributed by atoms with Crippen molar-refractivity contribution in [1.29, 1.82) is 0 Å². The molecule has 0 atom stereocenters. The lowest BCUT2D eigenvalue weighted by atomic mass is 10.1. The third-order valence-electron chi connectivity index (χ3n) is 2.72. The molecule has 1 aliphatic heterocycles. The van der Waals surface area contributed by atoms with Crippen LogP contribution in [0.15, 0.2) is 23.1 Å². The number of aliphatic carboxylic acids is 1. The number of nitrogens with zero attached hydrogens (tertiary/aromatic N) is 1. The molecule has 3 nitrogen and oxygen atoms in total. The number of carbonyl (C=O) groups is 1. The number of anilines is 1. The Morgan fingerprint density at radius 2 is 2.38 bits per heavy atom. The molecule has 0 fully saturated rings. The van der Waals surface area contributed by atoms with Gasteiger partial charge in [-0.2, -0.15) is 0 Å². The van der Waals surface area contributed by atoms with Gasteiger partial charge in [0.2, 0.25) is 0 Å². The first-order valence-corrected chi connectivity index (χ1v) is 6.41. The fourth-order valence-electron chi connectivity index (χ4n) is 1.87. The molecule has 0 bridgehead atoms.